The maximum atomic E-state index is 13.1. The van der Waals surface area contributed by atoms with Crippen molar-refractivity contribution in [1.29, 1.82) is 0 Å². The van der Waals surface area contributed by atoms with Crippen LogP contribution < -0.4 is 5.32 Å². The van der Waals surface area contributed by atoms with Gasteiger partial charge in [0.25, 0.3) is 0 Å². The highest BCUT2D eigenvalue weighted by atomic mass is 32.2. The second-order valence-electron chi connectivity index (χ2n) is 6.83. The minimum absolute atomic E-state index is 0.267. The topological polar surface area (TPSA) is 75.2 Å². The van der Waals surface area contributed by atoms with Crippen molar-refractivity contribution < 1.29 is 8.42 Å². The van der Waals surface area contributed by atoms with Crippen LogP contribution in [0.2, 0.25) is 0 Å². The fourth-order valence-corrected chi connectivity index (χ4v) is 5.19. The predicted molar refractivity (Wildman–Crippen MR) is 109 cm³/mol. The highest BCUT2D eigenvalue weighted by Gasteiger charge is 2.36. The van der Waals surface area contributed by atoms with E-state index in [-0.39, 0.29) is 6.04 Å². The van der Waals surface area contributed by atoms with Crippen molar-refractivity contribution in [1.82, 2.24) is 14.3 Å². The Labute approximate surface area is 165 Å². The number of sulfonamides is 1. The third kappa shape index (κ3) is 3.63. The summed E-state index contributed by atoms with van der Waals surface area (Å²) in [6.07, 6.45) is 3.30. The molecule has 1 unspecified atom stereocenters. The lowest BCUT2D eigenvalue weighted by atomic mass is 10.1. The number of aromatic nitrogens is 2. The van der Waals surface area contributed by atoms with Crippen LogP contribution in [-0.2, 0) is 10.0 Å². The third-order valence-corrected chi connectivity index (χ3v) is 6.84. The summed E-state index contributed by atoms with van der Waals surface area (Å²) in [6, 6.07) is 17.8. The van der Waals surface area contributed by atoms with Crippen LogP contribution in [0.3, 0.4) is 0 Å². The average molecular weight is 395 g/mol. The zero-order valence-corrected chi connectivity index (χ0v) is 16.4. The molecule has 1 aliphatic heterocycles. The van der Waals surface area contributed by atoms with E-state index >= 15 is 0 Å². The van der Waals surface area contributed by atoms with Gasteiger partial charge in [0.1, 0.15) is 11.6 Å². The number of pyridine rings is 2. The first-order valence-electron chi connectivity index (χ1n) is 9.28. The Hall–Kier alpha value is -2.77. The van der Waals surface area contributed by atoms with Gasteiger partial charge in [0.15, 0.2) is 0 Å². The first kappa shape index (κ1) is 18.6. The van der Waals surface area contributed by atoms with Gasteiger partial charge in [-0.1, -0.05) is 30.3 Å². The molecular weight excluding hydrogens is 372 g/mol. The number of anilines is 2. The SMILES string of the molecule is Cc1cccnc1Nc1cccc(C2CCCN2S(=O)(=O)c2ccccc2)n1. The number of hydrogen-bond acceptors (Lipinski definition) is 5. The number of nitrogens with one attached hydrogen (secondary N) is 1. The van der Waals surface area contributed by atoms with Crippen molar-refractivity contribution in [2.45, 2.75) is 30.7 Å². The van der Waals surface area contributed by atoms with Gasteiger partial charge in [-0.2, -0.15) is 4.31 Å². The Kier molecular flexibility index (Phi) is 5.11. The summed E-state index contributed by atoms with van der Waals surface area (Å²) in [5, 5.41) is 3.23. The number of rotatable bonds is 5. The Morgan fingerprint density at radius 3 is 2.64 bits per heavy atom. The predicted octanol–water partition coefficient (Wildman–Crippen LogP) is 4.05. The molecule has 1 saturated heterocycles. The molecule has 1 atom stereocenters. The van der Waals surface area contributed by atoms with Gasteiger partial charge in [0.05, 0.1) is 16.6 Å². The monoisotopic (exact) mass is 394 g/mol. The van der Waals surface area contributed by atoms with Crippen molar-refractivity contribution in [2.75, 3.05) is 11.9 Å². The molecule has 0 saturated carbocycles. The lowest BCUT2D eigenvalue weighted by Crippen LogP contribution is -2.31. The summed E-state index contributed by atoms with van der Waals surface area (Å²) in [7, 11) is -3.55. The highest BCUT2D eigenvalue weighted by Crippen LogP contribution is 2.36. The van der Waals surface area contributed by atoms with Crippen LogP contribution in [0.1, 0.15) is 30.1 Å². The molecule has 6 nitrogen and oxygen atoms in total. The fraction of sp³-hybridized carbons (Fsp3) is 0.238. The number of nitrogens with zero attached hydrogens (tertiary/aromatic N) is 3. The van der Waals surface area contributed by atoms with Gasteiger partial charge < -0.3 is 5.32 Å². The molecule has 0 bridgehead atoms. The molecule has 1 aromatic carbocycles. The van der Waals surface area contributed by atoms with E-state index in [9.17, 15) is 8.42 Å². The zero-order chi connectivity index (χ0) is 19.6. The van der Waals surface area contributed by atoms with Crippen molar-refractivity contribution in [3.8, 4) is 0 Å². The molecule has 0 amide bonds. The van der Waals surface area contributed by atoms with Crippen molar-refractivity contribution in [3.05, 3.63) is 78.1 Å². The summed E-state index contributed by atoms with van der Waals surface area (Å²) < 4.78 is 27.8. The number of hydrogen-bond donors (Lipinski definition) is 1. The molecule has 7 heteroatoms. The zero-order valence-electron chi connectivity index (χ0n) is 15.6. The first-order chi connectivity index (χ1) is 13.6. The molecule has 28 heavy (non-hydrogen) atoms. The van der Waals surface area contributed by atoms with E-state index in [2.05, 4.69) is 10.3 Å². The third-order valence-electron chi connectivity index (χ3n) is 4.92. The molecule has 2 aromatic heterocycles. The molecule has 3 heterocycles. The number of benzene rings is 1. The average Bonchev–Trinajstić information content (AvgIpc) is 3.22. The summed E-state index contributed by atoms with van der Waals surface area (Å²) in [4.78, 5) is 9.35. The van der Waals surface area contributed by atoms with Crippen LogP contribution in [0.25, 0.3) is 0 Å². The van der Waals surface area contributed by atoms with Gasteiger partial charge >= 0.3 is 0 Å². The standard InChI is InChI=1S/C21H22N4O2S/c1-16-8-6-14-22-21(16)24-20-13-5-11-18(23-20)19-12-7-15-25(19)28(26,27)17-9-3-2-4-10-17/h2-6,8-11,13-14,19H,7,12,15H2,1H3,(H,22,23,24). The van der Waals surface area contributed by atoms with E-state index in [1.165, 1.54) is 0 Å². The Morgan fingerprint density at radius 1 is 1.04 bits per heavy atom. The van der Waals surface area contributed by atoms with E-state index in [0.29, 0.717) is 17.3 Å². The summed E-state index contributed by atoms with van der Waals surface area (Å²) >= 11 is 0. The first-order valence-corrected chi connectivity index (χ1v) is 10.7. The Bertz CT molecular complexity index is 1070. The van der Waals surface area contributed by atoms with Crippen molar-refractivity contribution >= 4 is 21.7 Å². The lowest BCUT2D eigenvalue weighted by molar-refractivity contribution is 0.391. The normalized spacial score (nSPS) is 17.5. The maximum Gasteiger partial charge on any atom is 0.243 e. The molecule has 144 valence electrons. The Morgan fingerprint density at radius 2 is 1.86 bits per heavy atom. The molecule has 0 spiro atoms. The van der Waals surface area contributed by atoms with E-state index in [1.54, 1.807) is 34.8 Å². The van der Waals surface area contributed by atoms with Gasteiger partial charge in [-0.15, -0.1) is 0 Å². The fourth-order valence-electron chi connectivity index (χ4n) is 3.50. The van der Waals surface area contributed by atoms with E-state index in [0.717, 1.165) is 29.9 Å². The molecule has 1 fully saturated rings. The van der Waals surface area contributed by atoms with Crippen LogP contribution in [0.5, 0.6) is 0 Å². The van der Waals surface area contributed by atoms with Crippen LogP contribution in [-0.4, -0.2) is 29.2 Å². The molecule has 1 N–H and O–H groups in total. The largest absolute Gasteiger partial charge is 0.325 e. The van der Waals surface area contributed by atoms with Crippen LogP contribution >= 0.6 is 0 Å². The lowest BCUT2D eigenvalue weighted by Gasteiger charge is -2.24. The van der Waals surface area contributed by atoms with E-state index < -0.39 is 10.0 Å². The second-order valence-corrected chi connectivity index (χ2v) is 8.72. The van der Waals surface area contributed by atoms with Gasteiger partial charge in [0, 0.05) is 12.7 Å². The molecule has 4 rings (SSSR count). The minimum Gasteiger partial charge on any atom is -0.325 e. The van der Waals surface area contributed by atoms with Crippen LogP contribution in [0.4, 0.5) is 11.6 Å². The van der Waals surface area contributed by atoms with Crippen LogP contribution in [0.15, 0.2) is 71.8 Å². The van der Waals surface area contributed by atoms with Gasteiger partial charge in [0.2, 0.25) is 10.0 Å². The van der Waals surface area contributed by atoms with Gasteiger partial charge in [-0.25, -0.2) is 18.4 Å². The summed E-state index contributed by atoms with van der Waals surface area (Å²) in [5.41, 5.74) is 1.76. The molecule has 3 aromatic rings. The van der Waals surface area contributed by atoms with Gasteiger partial charge in [-0.3, -0.25) is 0 Å². The summed E-state index contributed by atoms with van der Waals surface area (Å²) in [5.74, 6) is 1.40. The molecule has 0 radical (unpaired) electrons. The molecule has 1 aliphatic rings. The quantitative estimate of drug-likeness (QED) is 0.706. The molecular formula is C21H22N4O2S. The highest BCUT2D eigenvalue weighted by molar-refractivity contribution is 7.89. The van der Waals surface area contributed by atoms with Crippen molar-refractivity contribution in [2.24, 2.45) is 0 Å². The van der Waals surface area contributed by atoms with E-state index in [1.807, 2.05) is 43.3 Å². The van der Waals surface area contributed by atoms with Crippen molar-refractivity contribution in [3.63, 3.8) is 0 Å². The minimum atomic E-state index is -3.55. The smallest absolute Gasteiger partial charge is 0.243 e. The second kappa shape index (κ2) is 7.69. The maximum absolute atomic E-state index is 13.1. The van der Waals surface area contributed by atoms with Crippen LogP contribution in [0, 0.1) is 6.92 Å². The number of aryl methyl sites for hydroxylation is 1. The van der Waals surface area contributed by atoms with Gasteiger partial charge in [-0.05, 0) is 55.7 Å². The molecule has 0 aliphatic carbocycles. The Balaban J connectivity index is 1.63. The van der Waals surface area contributed by atoms with E-state index in [4.69, 9.17) is 4.98 Å². The summed E-state index contributed by atoms with van der Waals surface area (Å²) in [6.45, 7) is 2.48.